The first-order valence-electron chi connectivity index (χ1n) is 4.62. The van der Waals surface area contributed by atoms with Gasteiger partial charge < -0.3 is 10.0 Å². The van der Waals surface area contributed by atoms with E-state index in [1.165, 1.54) is 11.3 Å². The van der Waals surface area contributed by atoms with Gasteiger partial charge in [-0.3, -0.25) is 0 Å². The van der Waals surface area contributed by atoms with Crippen LogP contribution in [0.5, 0.6) is 0 Å². The molecule has 5 heteroatoms. The minimum Gasteiger partial charge on any atom is -0.383 e. The van der Waals surface area contributed by atoms with Crippen LogP contribution in [0.25, 0.3) is 0 Å². The molecule has 0 aliphatic carbocycles. The van der Waals surface area contributed by atoms with Crippen LogP contribution in [0.15, 0.2) is 10.1 Å². The molecule has 78 valence electrons. The highest BCUT2D eigenvalue weighted by atomic mass is 79.9. The van der Waals surface area contributed by atoms with Gasteiger partial charge in [-0.2, -0.15) is 0 Å². The number of likely N-dealkylation sites (N-methyl/N-ethyl adjacent to an activating group) is 1. The summed E-state index contributed by atoms with van der Waals surface area (Å²) < 4.78 is 0.792. The largest absolute Gasteiger partial charge is 0.383 e. The third-order valence-corrected chi connectivity index (χ3v) is 4.49. The molecule has 1 aliphatic rings. The maximum atomic E-state index is 10.5. The van der Waals surface area contributed by atoms with Crippen molar-refractivity contribution in [1.29, 1.82) is 0 Å². The van der Waals surface area contributed by atoms with E-state index in [-0.39, 0.29) is 0 Å². The molecule has 1 aromatic rings. The van der Waals surface area contributed by atoms with Crippen molar-refractivity contribution in [2.75, 3.05) is 20.1 Å². The van der Waals surface area contributed by atoms with Crippen LogP contribution in [0.4, 0.5) is 0 Å². The van der Waals surface area contributed by atoms with Crippen molar-refractivity contribution >= 4 is 27.3 Å². The molecule has 3 nitrogen and oxygen atoms in total. The van der Waals surface area contributed by atoms with Crippen LogP contribution < -0.4 is 0 Å². The molecule has 1 aliphatic heterocycles. The van der Waals surface area contributed by atoms with Crippen molar-refractivity contribution in [1.82, 2.24) is 9.88 Å². The quantitative estimate of drug-likeness (QED) is 0.850. The van der Waals surface area contributed by atoms with Gasteiger partial charge >= 0.3 is 0 Å². The average molecular weight is 277 g/mol. The van der Waals surface area contributed by atoms with E-state index in [2.05, 4.69) is 25.8 Å². The Hall–Kier alpha value is 0.0300. The first-order valence-corrected chi connectivity index (χ1v) is 6.29. The van der Waals surface area contributed by atoms with Crippen molar-refractivity contribution in [2.24, 2.45) is 0 Å². The summed E-state index contributed by atoms with van der Waals surface area (Å²) in [6.45, 7) is 1.77. The maximum Gasteiger partial charge on any atom is 0.123 e. The third-order valence-electron chi connectivity index (χ3n) is 2.61. The molecule has 1 atom stereocenters. The lowest BCUT2D eigenvalue weighted by atomic mass is 9.92. The van der Waals surface area contributed by atoms with Crippen molar-refractivity contribution in [3.63, 3.8) is 0 Å². The smallest absolute Gasteiger partial charge is 0.123 e. The normalized spacial score (nSPS) is 29.4. The molecule has 1 aromatic heterocycles. The molecule has 0 aromatic carbocycles. The summed E-state index contributed by atoms with van der Waals surface area (Å²) in [5, 5.41) is 10.5. The SMILES string of the molecule is CN1CCCC(O)(c2scnc2Br)C1. The summed E-state index contributed by atoms with van der Waals surface area (Å²) in [7, 11) is 2.04. The zero-order chi connectivity index (χ0) is 10.2. The Labute approximate surface area is 95.9 Å². The van der Waals surface area contributed by atoms with Gasteiger partial charge in [0.15, 0.2) is 0 Å². The van der Waals surface area contributed by atoms with Crippen LogP contribution in [0, 0.1) is 0 Å². The molecule has 0 saturated carbocycles. The van der Waals surface area contributed by atoms with Gasteiger partial charge in [0.25, 0.3) is 0 Å². The highest BCUT2D eigenvalue weighted by Gasteiger charge is 2.36. The van der Waals surface area contributed by atoms with Crippen LogP contribution in [0.1, 0.15) is 17.7 Å². The molecular weight excluding hydrogens is 264 g/mol. The minimum absolute atomic E-state index is 0.701. The highest BCUT2D eigenvalue weighted by molar-refractivity contribution is 9.10. The number of aromatic nitrogens is 1. The fourth-order valence-electron chi connectivity index (χ4n) is 1.97. The van der Waals surface area contributed by atoms with Crippen molar-refractivity contribution in [2.45, 2.75) is 18.4 Å². The Morgan fingerprint density at radius 1 is 1.71 bits per heavy atom. The van der Waals surface area contributed by atoms with E-state index in [9.17, 15) is 5.11 Å². The standard InChI is InChI=1S/C9H13BrN2OS/c1-12-4-2-3-9(13,5-12)7-8(10)11-6-14-7/h6,13H,2-5H2,1H3. The first-order chi connectivity index (χ1) is 6.62. The van der Waals surface area contributed by atoms with E-state index < -0.39 is 5.60 Å². The highest BCUT2D eigenvalue weighted by Crippen LogP contribution is 2.37. The lowest BCUT2D eigenvalue weighted by Crippen LogP contribution is -2.43. The molecule has 1 N–H and O–H groups in total. The summed E-state index contributed by atoms with van der Waals surface area (Å²) in [5.41, 5.74) is 1.07. The van der Waals surface area contributed by atoms with Gasteiger partial charge in [0, 0.05) is 6.54 Å². The molecule has 14 heavy (non-hydrogen) atoms. The summed E-state index contributed by atoms with van der Waals surface area (Å²) in [6.07, 6.45) is 1.87. The van der Waals surface area contributed by atoms with Gasteiger partial charge in [-0.1, -0.05) is 0 Å². The summed E-state index contributed by atoms with van der Waals surface area (Å²) in [4.78, 5) is 7.24. The van der Waals surface area contributed by atoms with E-state index in [0.717, 1.165) is 28.9 Å². The summed E-state index contributed by atoms with van der Waals surface area (Å²) >= 11 is 4.90. The molecule has 2 heterocycles. The number of halogens is 1. The minimum atomic E-state index is -0.701. The molecule has 0 bridgehead atoms. The zero-order valence-electron chi connectivity index (χ0n) is 8.03. The van der Waals surface area contributed by atoms with Gasteiger partial charge in [-0.25, -0.2) is 4.98 Å². The summed E-state index contributed by atoms with van der Waals surface area (Å²) in [5.74, 6) is 0. The number of thiazole rings is 1. The van der Waals surface area contributed by atoms with Gasteiger partial charge in [-0.05, 0) is 42.4 Å². The van der Waals surface area contributed by atoms with Crippen LogP contribution >= 0.6 is 27.3 Å². The topological polar surface area (TPSA) is 36.4 Å². The fraction of sp³-hybridized carbons (Fsp3) is 0.667. The third kappa shape index (κ3) is 1.86. The van der Waals surface area contributed by atoms with E-state index in [0.29, 0.717) is 6.54 Å². The van der Waals surface area contributed by atoms with E-state index in [4.69, 9.17) is 0 Å². The van der Waals surface area contributed by atoms with E-state index in [1.54, 1.807) is 5.51 Å². The van der Waals surface area contributed by atoms with Gasteiger partial charge in [0.05, 0.1) is 10.4 Å². The Morgan fingerprint density at radius 2 is 2.50 bits per heavy atom. The molecule has 1 fully saturated rings. The molecule has 0 spiro atoms. The monoisotopic (exact) mass is 276 g/mol. The molecule has 0 radical (unpaired) electrons. The van der Waals surface area contributed by atoms with Crippen molar-refractivity contribution < 1.29 is 5.11 Å². The van der Waals surface area contributed by atoms with Crippen LogP contribution in [-0.4, -0.2) is 35.1 Å². The predicted octanol–water partition coefficient (Wildman–Crippen LogP) is 1.82. The molecule has 1 saturated heterocycles. The van der Waals surface area contributed by atoms with Gasteiger partial charge in [0.1, 0.15) is 10.2 Å². The van der Waals surface area contributed by atoms with Gasteiger partial charge in [-0.15, -0.1) is 11.3 Å². The number of rotatable bonds is 1. The fourth-order valence-corrected chi connectivity index (χ4v) is 3.65. The predicted molar refractivity (Wildman–Crippen MR) is 60.4 cm³/mol. The number of hydrogen-bond acceptors (Lipinski definition) is 4. The van der Waals surface area contributed by atoms with Crippen molar-refractivity contribution in [3.05, 3.63) is 15.0 Å². The Morgan fingerprint density at radius 3 is 3.07 bits per heavy atom. The van der Waals surface area contributed by atoms with Crippen molar-refractivity contribution in [3.8, 4) is 0 Å². The number of β-amino-alcohol motifs (C(OH)–C–C–N with tert-alkyl or cyclic N) is 1. The van der Waals surface area contributed by atoms with Crippen LogP contribution in [0.2, 0.25) is 0 Å². The lowest BCUT2D eigenvalue weighted by Gasteiger charge is -2.36. The second kappa shape index (κ2) is 3.89. The van der Waals surface area contributed by atoms with E-state index >= 15 is 0 Å². The van der Waals surface area contributed by atoms with Crippen LogP contribution in [-0.2, 0) is 5.60 Å². The number of aliphatic hydroxyl groups is 1. The number of hydrogen-bond donors (Lipinski definition) is 1. The Bertz CT molecular complexity index is 330. The number of likely N-dealkylation sites (tertiary alicyclic amines) is 1. The number of piperidine rings is 1. The number of nitrogens with zero attached hydrogens (tertiary/aromatic N) is 2. The second-order valence-corrected chi connectivity index (χ2v) is 5.45. The Kier molecular flexibility index (Phi) is 2.93. The first kappa shape index (κ1) is 10.5. The second-order valence-electron chi connectivity index (χ2n) is 3.85. The molecule has 0 amide bonds. The van der Waals surface area contributed by atoms with Gasteiger partial charge in [0.2, 0.25) is 0 Å². The Balaban J connectivity index is 2.27. The molecule has 2 rings (SSSR count). The lowest BCUT2D eigenvalue weighted by molar-refractivity contribution is -0.0255. The average Bonchev–Trinajstić information content (AvgIpc) is 2.51. The zero-order valence-corrected chi connectivity index (χ0v) is 10.4. The molecule has 1 unspecified atom stereocenters. The maximum absolute atomic E-state index is 10.5. The summed E-state index contributed by atoms with van der Waals surface area (Å²) in [6, 6.07) is 0. The van der Waals surface area contributed by atoms with Crippen LogP contribution in [0.3, 0.4) is 0 Å². The molecular formula is C9H13BrN2OS. The van der Waals surface area contributed by atoms with E-state index in [1.807, 2.05) is 7.05 Å².